The Hall–Kier alpha value is -2.12. The predicted molar refractivity (Wildman–Crippen MR) is 125 cm³/mol. The predicted octanol–water partition coefficient (Wildman–Crippen LogP) is 1.79. The molecule has 0 bridgehead atoms. The van der Waals surface area contributed by atoms with Gasteiger partial charge in [-0.25, -0.2) is 4.99 Å². The number of piperazine rings is 1. The Morgan fingerprint density at radius 2 is 1.57 bits per heavy atom. The highest BCUT2D eigenvalue weighted by molar-refractivity contribution is 5.86. The average Bonchev–Trinajstić information content (AvgIpc) is 2.70. The third-order valence-electron chi connectivity index (χ3n) is 5.04. The van der Waals surface area contributed by atoms with Gasteiger partial charge in [-0.3, -0.25) is 9.69 Å². The van der Waals surface area contributed by atoms with Gasteiger partial charge in [0.25, 0.3) is 0 Å². The number of benzene rings is 1. The molecule has 2 rings (SSSR count). The summed E-state index contributed by atoms with van der Waals surface area (Å²) in [6, 6.07) is 8.70. The number of hydrogen-bond acceptors (Lipinski definition) is 4. The van der Waals surface area contributed by atoms with E-state index in [1.54, 1.807) is 0 Å². The molecule has 1 aliphatic heterocycles. The van der Waals surface area contributed by atoms with Crippen LogP contribution in [-0.4, -0.2) is 73.0 Å². The van der Waals surface area contributed by atoms with E-state index in [2.05, 4.69) is 61.9 Å². The summed E-state index contributed by atoms with van der Waals surface area (Å²) in [5.74, 6) is 0.608. The summed E-state index contributed by atoms with van der Waals surface area (Å²) < 4.78 is 0. The molecule has 0 aliphatic carbocycles. The number of carbonyl (C=O) groups is 1. The second kappa shape index (κ2) is 11.9. The fraction of sp³-hybridized carbons (Fsp3) is 0.652. The van der Waals surface area contributed by atoms with Crippen LogP contribution in [-0.2, 0) is 17.9 Å². The number of aliphatic imine (C=N–C) groups is 1. The van der Waals surface area contributed by atoms with Gasteiger partial charge in [0.05, 0.1) is 13.1 Å². The van der Waals surface area contributed by atoms with E-state index in [1.165, 1.54) is 5.56 Å². The maximum atomic E-state index is 12.0. The Morgan fingerprint density at radius 1 is 0.967 bits per heavy atom. The standard InChI is InChI=1S/C23H40N6O/c1-6-24-22(26-17-21(30)27-23(3,4)5)25-16-19-8-10-20(11-9-19)18-29-14-12-28(7-2)13-15-29/h8-11H,6-7,12-18H2,1-5H3,(H,27,30)(H2,24,25,26). The number of amides is 1. The zero-order valence-electron chi connectivity index (χ0n) is 19.4. The van der Waals surface area contributed by atoms with Crippen molar-refractivity contribution in [2.24, 2.45) is 4.99 Å². The Morgan fingerprint density at radius 3 is 2.13 bits per heavy atom. The lowest BCUT2D eigenvalue weighted by Crippen LogP contribution is -2.48. The van der Waals surface area contributed by atoms with E-state index < -0.39 is 0 Å². The van der Waals surface area contributed by atoms with Crippen LogP contribution >= 0.6 is 0 Å². The number of likely N-dealkylation sites (N-methyl/N-ethyl adjacent to an activating group) is 1. The summed E-state index contributed by atoms with van der Waals surface area (Å²) in [6.07, 6.45) is 0. The van der Waals surface area contributed by atoms with E-state index in [0.717, 1.165) is 51.4 Å². The second-order valence-electron chi connectivity index (χ2n) is 8.87. The average molecular weight is 417 g/mol. The molecule has 3 N–H and O–H groups in total. The van der Waals surface area contributed by atoms with Crippen molar-refractivity contribution in [2.75, 3.05) is 45.8 Å². The topological polar surface area (TPSA) is 72.0 Å². The van der Waals surface area contributed by atoms with Crippen molar-refractivity contribution in [3.8, 4) is 0 Å². The van der Waals surface area contributed by atoms with Gasteiger partial charge in [0, 0.05) is 44.8 Å². The number of guanidine groups is 1. The monoisotopic (exact) mass is 416 g/mol. The second-order valence-corrected chi connectivity index (χ2v) is 8.87. The lowest BCUT2D eigenvalue weighted by Gasteiger charge is -2.34. The van der Waals surface area contributed by atoms with E-state index >= 15 is 0 Å². The van der Waals surface area contributed by atoms with Crippen LogP contribution in [0.2, 0.25) is 0 Å². The SMILES string of the molecule is CCNC(=NCc1ccc(CN2CCN(CC)CC2)cc1)NCC(=O)NC(C)(C)C. The smallest absolute Gasteiger partial charge is 0.239 e. The highest BCUT2D eigenvalue weighted by Gasteiger charge is 2.15. The third-order valence-corrected chi connectivity index (χ3v) is 5.04. The normalized spacial score (nSPS) is 16.4. The van der Waals surface area contributed by atoms with Crippen molar-refractivity contribution in [1.29, 1.82) is 0 Å². The van der Waals surface area contributed by atoms with Gasteiger partial charge in [-0.1, -0.05) is 31.2 Å². The minimum Gasteiger partial charge on any atom is -0.357 e. The van der Waals surface area contributed by atoms with Gasteiger partial charge in [0.15, 0.2) is 5.96 Å². The lowest BCUT2D eigenvalue weighted by molar-refractivity contribution is -0.121. The molecule has 0 aromatic heterocycles. The third kappa shape index (κ3) is 9.13. The molecule has 1 saturated heterocycles. The van der Waals surface area contributed by atoms with Crippen LogP contribution in [0.4, 0.5) is 0 Å². The summed E-state index contributed by atoms with van der Waals surface area (Å²) in [7, 11) is 0. The molecule has 7 heteroatoms. The van der Waals surface area contributed by atoms with Crippen LogP contribution in [0.1, 0.15) is 45.7 Å². The summed E-state index contributed by atoms with van der Waals surface area (Å²) in [5, 5.41) is 9.24. The van der Waals surface area contributed by atoms with Crippen LogP contribution in [0.3, 0.4) is 0 Å². The number of nitrogens with zero attached hydrogens (tertiary/aromatic N) is 3. The maximum absolute atomic E-state index is 12.0. The molecule has 1 aromatic carbocycles. The molecule has 0 atom stereocenters. The molecule has 0 spiro atoms. The van der Waals surface area contributed by atoms with Crippen molar-refractivity contribution in [2.45, 2.75) is 53.2 Å². The fourth-order valence-electron chi connectivity index (χ4n) is 3.41. The highest BCUT2D eigenvalue weighted by atomic mass is 16.2. The molecule has 168 valence electrons. The van der Waals surface area contributed by atoms with Crippen molar-refractivity contribution < 1.29 is 4.79 Å². The summed E-state index contributed by atoms with van der Waals surface area (Å²) >= 11 is 0. The first-order chi connectivity index (χ1) is 14.3. The highest BCUT2D eigenvalue weighted by Crippen LogP contribution is 2.11. The Bertz CT molecular complexity index is 672. The summed E-state index contributed by atoms with van der Waals surface area (Å²) in [4.78, 5) is 21.7. The first-order valence-electron chi connectivity index (χ1n) is 11.1. The van der Waals surface area contributed by atoms with Gasteiger partial charge in [-0.2, -0.15) is 0 Å². The Kier molecular flexibility index (Phi) is 9.59. The lowest BCUT2D eigenvalue weighted by atomic mass is 10.1. The first kappa shape index (κ1) is 24.2. The van der Waals surface area contributed by atoms with Gasteiger partial charge in [-0.15, -0.1) is 0 Å². The fourth-order valence-corrected chi connectivity index (χ4v) is 3.41. The number of carbonyl (C=O) groups excluding carboxylic acids is 1. The van der Waals surface area contributed by atoms with Crippen molar-refractivity contribution >= 4 is 11.9 Å². The molecule has 1 aromatic rings. The van der Waals surface area contributed by atoms with E-state index in [1.807, 2.05) is 27.7 Å². The van der Waals surface area contributed by atoms with Gasteiger partial charge < -0.3 is 20.9 Å². The molecule has 30 heavy (non-hydrogen) atoms. The zero-order chi connectivity index (χ0) is 22.0. The zero-order valence-corrected chi connectivity index (χ0v) is 19.4. The minimum absolute atomic E-state index is 0.0442. The number of hydrogen-bond donors (Lipinski definition) is 3. The van der Waals surface area contributed by atoms with Crippen LogP contribution in [0, 0.1) is 0 Å². The number of rotatable bonds is 8. The van der Waals surface area contributed by atoms with E-state index in [4.69, 9.17) is 0 Å². The molecule has 1 heterocycles. The molecule has 0 unspecified atom stereocenters. The van der Waals surface area contributed by atoms with Crippen molar-refractivity contribution in [3.63, 3.8) is 0 Å². The molecule has 0 radical (unpaired) electrons. The van der Waals surface area contributed by atoms with Crippen LogP contribution in [0.5, 0.6) is 0 Å². The van der Waals surface area contributed by atoms with Crippen LogP contribution in [0.25, 0.3) is 0 Å². The van der Waals surface area contributed by atoms with Crippen molar-refractivity contribution in [3.05, 3.63) is 35.4 Å². The van der Waals surface area contributed by atoms with Gasteiger partial charge in [0.2, 0.25) is 5.91 Å². The van der Waals surface area contributed by atoms with E-state index in [0.29, 0.717) is 12.5 Å². The van der Waals surface area contributed by atoms with Gasteiger partial charge in [0.1, 0.15) is 0 Å². The van der Waals surface area contributed by atoms with Gasteiger partial charge >= 0.3 is 0 Å². The minimum atomic E-state index is -0.237. The van der Waals surface area contributed by atoms with Crippen LogP contribution in [0.15, 0.2) is 29.3 Å². The quantitative estimate of drug-likeness (QED) is 0.445. The molecule has 1 amide bonds. The number of nitrogens with one attached hydrogen (secondary N) is 3. The Balaban J connectivity index is 1.83. The van der Waals surface area contributed by atoms with Gasteiger partial charge in [-0.05, 0) is 45.4 Å². The summed E-state index contributed by atoms with van der Waals surface area (Å²) in [5.41, 5.74) is 2.27. The first-order valence-corrected chi connectivity index (χ1v) is 11.1. The van der Waals surface area contributed by atoms with Crippen LogP contribution < -0.4 is 16.0 Å². The molecule has 0 saturated carbocycles. The molecule has 1 fully saturated rings. The van der Waals surface area contributed by atoms with E-state index in [9.17, 15) is 4.79 Å². The van der Waals surface area contributed by atoms with E-state index in [-0.39, 0.29) is 18.0 Å². The molecular weight excluding hydrogens is 376 g/mol. The van der Waals surface area contributed by atoms with Crippen molar-refractivity contribution in [1.82, 2.24) is 25.8 Å². The molecular formula is C23H40N6O. The Labute approximate surface area is 182 Å². The largest absolute Gasteiger partial charge is 0.357 e. The molecule has 7 nitrogen and oxygen atoms in total. The maximum Gasteiger partial charge on any atom is 0.239 e. The summed E-state index contributed by atoms with van der Waals surface area (Å²) in [6.45, 7) is 18.4. The molecule has 1 aliphatic rings.